The van der Waals surface area contributed by atoms with Gasteiger partial charge in [-0.1, -0.05) is 38.5 Å². The topological polar surface area (TPSA) is 78.4 Å². The van der Waals surface area contributed by atoms with E-state index in [0.29, 0.717) is 19.4 Å². The number of rotatable bonds is 6. The zero-order valence-electron chi connectivity index (χ0n) is 12.4. The minimum Gasteiger partial charge on any atom is -0.480 e. The van der Waals surface area contributed by atoms with Crippen molar-refractivity contribution in [2.45, 2.75) is 38.6 Å². The quantitative estimate of drug-likeness (QED) is 0.750. The van der Waals surface area contributed by atoms with E-state index in [-0.39, 0.29) is 17.7 Å². The molecule has 0 fully saturated rings. The van der Waals surface area contributed by atoms with E-state index in [1.165, 1.54) is 0 Å². The molecule has 1 amide bonds. The van der Waals surface area contributed by atoms with Crippen LogP contribution in [-0.2, 0) is 9.59 Å². The summed E-state index contributed by atoms with van der Waals surface area (Å²) in [6.07, 6.45) is 1.02. The van der Waals surface area contributed by atoms with Gasteiger partial charge in [-0.3, -0.25) is 4.79 Å². The number of benzene rings is 1. The van der Waals surface area contributed by atoms with Gasteiger partial charge in [0.15, 0.2) is 0 Å². The molecule has 0 saturated heterocycles. The number of amides is 1. The summed E-state index contributed by atoms with van der Waals surface area (Å²) < 4.78 is 0. The molecule has 114 valence electrons. The van der Waals surface area contributed by atoms with Gasteiger partial charge in [-0.05, 0) is 17.5 Å². The fourth-order valence-corrected chi connectivity index (χ4v) is 2.68. The predicted octanol–water partition coefficient (Wildman–Crippen LogP) is 2.20. The summed E-state index contributed by atoms with van der Waals surface area (Å²) >= 11 is 0. The third-order valence-corrected chi connectivity index (χ3v) is 4.17. The maximum absolute atomic E-state index is 12.1. The number of aliphatic carboxylic acids is 1. The molecule has 1 aromatic rings. The number of carbonyl (C=O) groups excluding carboxylic acids is 1. The molecule has 1 aromatic carbocycles. The largest absolute Gasteiger partial charge is 0.480 e. The van der Waals surface area contributed by atoms with E-state index < -0.39 is 12.0 Å². The van der Waals surface area contributed by atoms with Gasteiger partial charge in [0.2, 0.25) is 5.91 Å². The molecule has 5 nitrogen and oxygen atoms in total. The number of nitrogens with one attached hydrogen (secondary N) is 2. The molecule has 0 bridgehead atoms. The molecule has 21 heavy (non-hydrogen) atoms. The second-order valence-corrected chi connectivity index (χ2v) is 5.64. The number of hydrogen-bond acceptors (Lipinski definition) is 3. The average molecular weight is 290 g/mol. The highest BCUT2D eigenvalue weighted by Crippen LogP contribution is 2.33. The van der Waals surface area contributed by atoms with E-state index in [4.69, 9.17) is 0 Å². The molecular weight excluding hydrogens is 268 g/mol. The fraction of sp³-hybridized carbons (Fsp3) is 0.500. The van der Waals surface area contributed by atoms with Gasteiger partial charge in [-0.15, -0.1) is 0 Å². The molecule has 0 radical (unpaired) electrons. The van der Waals surface area contributed by atoms with Crippen molar-refractivity contribution in [2.24, 2.45) is 5.92 Å². The molecule has 1 aliphatic rings. The van der Waals surface area contributed by atoms with Crippen LogP contribution in [0.2, 0.25) is 0 Å². The molecule has 5 heteroatoms. The first kappa shape index (κ1) is 15.4. The first-order valence-electron chi connectivity index (χ1n) is 7.37. The molecular formula is C16H22N2O3. The molecule has 2 unspecified atom stereocenters. The minimum absolute atomic E-state index is 0.0829. The lowest BCUT2D eigenvalue weighted by molar-refractivity contribution is -0.143. The van der Waals surface area contributed by atoms with Crippen molar-refractivity contribution in [3.05, 3.63) is 29.8 Å². The summed E-state index contributed by atoms with van der Waals surface area (Å²) in [6.45, 7) is 4.48. The Morgan fingerprint density at radius 3 is 2.81 bits per heavy atom. The van der Waals surface area contributed by atoms with Crippen LogP contribution in [0, 0.1) is 5.92 Å². The molecule has 0 aliphatic carbocycles. The van der Waals surface area contributed by atoms with Gasteiger partial charge in [0.1, 0.15) is 6.04 Å². The van der Waals surface area contributed by atoms with E-state index in [2.05, 4.69) is 10.6 Å². The van der Waals surface area contributed by atoms with Gasteiger partial charge in [0.05, 0.1) is 0 Å². The molecule has 0 aromatic heterocycles. The molecule has 0 saturated carbocycles. The number of carboxylic acid groups (broad SMARTS) is 1. The first-order chi connectivity index (χ1) is 10.0. The summed E-state index contributed by atoms with van der Waals surface area (Å²) in [7, 11) is 0. The van der Waals surface area contributed by atoms with Gasteiger partial charge < -0.3 is 15.7 Å². The molecule has 3 N–H and O–H groups in total. The van der Waals surface area contributed by atoms with Gasteiger partial charge in [0.25, 0.3) is 0 Å². The lowest BCUT2D eigenvalue weighted by Gasteiger charge is -2.21. The molecule has 1 aliphatic heterocycles. The van der Waals surface area contributed by atoms with Crippen LogP contribution in [0.4, 0.5) is 5.69 Å². The summed E-state index contributed by atoms with van der Waals surface area (Å²) in [6, 6.07) is 7.10. The lowest BCUT2D eigenvalue weighted by atomic mass is 9.96. The Morgan fingerprint density at radius 2 is 2.14 bits per heavy atom. The number of para-hydroxylation sites is 1. The normalized spacial score (nSPS) is 19.2. The number of fused-ring (bicyclic) bond motifs is 1. The van der Waals surface area contributed by atoms with Crippen LogP contribution in [0.5, 0.6) is 0 Å². The minimum atomic E-state index is -0.970. The molecule has 2 rings (SSSR count). The number of hydrogen-bond donors (Lipinski definition) is 3. The van der Waals surface area contributed by atoms with Crippen LogP contribution >= 0.6 is 0 Å². The first-order valence-corrected chi connectivity index (χ1v) is 7.37. The van der Waals surface area contributed by atoms with Crippen molar-refractivity contribution in [3.63, 3.8) is 0 Å². The van der Waals surface area contributed by atoms with Gasteiger partial charge in [0, 0.05) is 24.6 Å². The van der Waals surface area contributed by atoms with Crippen LogP contribution in [0.25, 0.3) is 0 Å². The Morgan fingerprint density at radius 1 is 1.43 bits per heavy atom. The summed E-state index contributed by atoms with van der Waals surface area (Å²) in [5.41, 5.74) is 2.19. The standard InChI is InChI=1S/C16H22N2O3/c1-3-10(2)15(16(20)21)18-14(19)8-11-9-17-13-7-5-4-6-12(11)13/h4-7,10-11,15,17H,3,8-9H2,1-2H3,(H,18,19)(H,20,21)/t10?,11?,15-/m0/s1. The van der Waals surface area contributed by atoms with E-state index in [1.807, 2.05) is 38.1 Å². The highest BCUT2D eigenvalue weighted by Gasteiger charge is 2.28. The van der Waals surface area contributed by atoms with Crippen LogP contribution < -0.4 is 10.6 Å². The van der Waals surface area contributed by atoms with Crippen molar-refractivity contribution in [2.75, 3.05) is 11.9 Å². The Kier molecular flexibility index (Phi) is 4.83. The van der Waals surface area contributed by atoms with Crippen LogP contribution in [-0.4, -0.2) is 29.6 Å². The van der Waals surface area contributed by atoms with Crippen molar-refractivity contribution < 1.29 is 14.7 Å². The van der Waals surface area contributed by atoms with Crippen molar-refractivity contribution in [1.29, 1.82) is 0 Å². The highest BCUT2D eigenvalue weighted by atomic mass is 16.4. The zero-order chi connectivity index (χ0) is 15.4. The summed E-state index contributed by atoms with van der Waals surface area (Å²) in [5.74, 6) is -1.15. The van der Waals surface area contributed by atoms with Crippen molar-refractivity contribution >= 4 is 17.6 Å². The second kappa shape index (κ2) is 6.61. The second-order valence-electron chi connectivity index (χ2n) is 5.64. The van der Waals surface area contributed by atoms with Gasteiger partial charge in [-0.2, -0.15) is 0 Å². The third-order valence-electron chi connectivity index (χ3n) is 4.17. The van der Waals surface area contributed by atoms with Gasteiger partial charge in [-0.25, -0.2) is 4.79 Å². The van der Waals surface area contributed by atoms with E-state index in [1.54, 1.807) is 0 Å². The Bertz CT molecular complexity index is 530. The monoisotopic (exact) mass is 290 g/mol. The third kappa shape index (κ3) is 3.54. The van der Waals surface area contributed by atoms with Gasteiger partial charge >= 0.3 is 5.97 Å². The van der Waals surface area contributed by atoms with Crippen LogP contribution in [0.1, 0.15) is 38.2 Å². The fourth-order valence-electron chi connectivity index (χ4n) is 2.68. The van der Waals surface area contributed by atoms with E-state index >= 15 is 0 Å². The maximum atomic E-state index is 12.1. The Balaban J connectivity index is 1.98. The molecule has 1 heterocycles. The average Bonchev–Trinajstić information content (AvgIpc) is 2.87. The number of carbonyl (C=O) groups is 2. The smallest absolute Gasteiger partial charge is 0.326 e. The predicted molar refractivity (Wildman–Crippen MR) is 81.3 cm³/mol. The summed E-state index contributed by atoms with van der Waals surface area (Å²) in [5, 5.41) is 15.1. The van der Waals surface area contributed by atoms with E-state index in [0.717, 1.165) is 11.3 Å². The SMILES string of the molecule is CCC(C)[C@H](NC(=O)CC1CNc2ccccc21)C(=O)O. The van der Waals surface area contributed by atoms with Crippen molar-refractivity contribution in [1.82, 2.24) is 5.32 Å². The Hall–Kier alpha value is -2.04. The summed E-state index contributed by atoms with van der Waals surface area (Å²) in [4.78, 5) is 23.4. The van der Waals surface area contributed by atoms with Crippen LogP contribution in [0.15, 0.2) is 24.3 Å². The number of carboxylic acids is 1. The number of anilines is 1. The highest BCUT2D eigenvalue weighted by molar-refractivity contribution is 5.84. The zero-order valence-corrected chi connectivity index (χ0v) is 12.4. The van der Waals surface area contributed by atoms with E-state index in [9.17, 15) is 14.7 Å². The molecule has 0 spiro atoms. The van der Waals surface area contributed by atoms with Crippen LogP contribution in [0.3, 0.4) is 0 Å². The Labute approximate surface area is 124 Å². The van der Waals surface area contributed by atoms with Crippen molar-refractivity contribution in [3.8, 4) is 0 Å². The lowest BCUT2D eigenvalue weighted by Crippen LogP contribution is -2.45. The molecule has 3 atom stereocenters. The maximum Gasteiger partial charge on any atom is 0.326 e.